The Morgan fingerprint density at radius 3 is 2.67 bits per heavy atom. The smallest absolute Gasteiger partial charge is 0.247 e. The number of likely N-dealkylation sites (N-methyl/N-ethyl adjacent to an activating group) is 2. The number of hydrogen-bond donors (Lipinski definition) is 2. The molecule has 0 aliphatic heterocycles. The SMILES string of the molecule is C=CC(=O)Nc1cc(Nc2ncc3nccc(-c4cccc(F)c4)c3n2)ccc1N(C)CCN(C)C. The molecule has 9 heteroatoms. The fourth-order valence-electron chi connectivity index (χ4n) is 3.72. The standard InChI is InChI=1S/C27H28FN7O/c1-5-25(36)32-22-16-20(9-10-24(22)35(4)14-13-34(2)3)31-27-30-17-23-26(33-27)21(11-12-29-23)18-7-6-8-19(28)15-18/h5-12,15-17H,1,13-14H2,2-4H3,(H,32,36)(H,30,31,33). The van der Waals surface area contributed by atoms with Crippen LogP contribution in [-0.4, -0.2) is 60.0 Å². The van der Waals surface area contributed by atoms with Crippen molar-refractivity contribution in [2.75, 3.05) is 49.8 Å². The number of rotatable bonds is 9. The van der Waals surface area contributed by atoms with Crippen molar-refractivity contribution in [1.29, 1.82) is 0 Å². The van der Waals surface area contributed by atoms with E-state index in [-0.39, 0.29) is 11.7 Å². The summed E-state index contributed by atoms with van der Waals surface area (Å²) in [6.07, 6.45) is 4.51. The molecule has 4 aromatic rings. The normalized spacial score (nSPS) is 10.9. The molecule has 2 N–H and O–H groups in total. The number of nitrogens with zero attached hydrogens (tertiary/aromatic N) is 5. The van der Waals surface area contributed by atoms with E-state index in [1.54, 1.807) is 24.5 Å². The third kappa shape index (κ3) is 5.81. The molecule has 1 amide bonds. The van der Waals surface area contributed by atoms with Gasteiger partial charge >= 0.3 is 0 Å². The van der Waals surface area contributed by atoms with Gasteiger partial charge in [-0.1, -0.05) is 18.7 Å². The first-order valence-corrected chi connectivity index (χ1v) is 11.4. The van der Waals surface area contributed by atoms with Gasteiger partial charge in [-0.3, -0.25) is 9.78 Å². The number of benzene rings is 2. The Hall–Kier alpha value is -4.37. The highest BCUT2D eigenvalue weighted by Crippen LogP contribution is 2.31. The maximum absolute atomic E-state index is 13.8. The third-order valence-corrected chi connectivity index (χ3v) is 5.60. The molecule has 0 bridgehead atoms. The van der Waals surface area contributed by atoms with Crippen LogP contribution in [0.1, 0.15) is 0 Å². The van der Waals surface area contributed by atoms with Crippen molar-refractivity contribution in [3.8, 4) is 11.1 Å². The van der Waals surface area contributed by atoms with Gasteiger partial charge in [-0.25, -0.2) is 14.4 Å². The Balaban J connectivity index is 1.67. The fraction of sp³-hybridized carbons (Fsp3) is 0.185. The van der Waals surface area contributed by atoms with E-state index in [1.807, 2.05) is 45.4 Å². The Morgan fingerprint density at radius 2 is 1.92 bits per heavy atom. The van der Waals surface area contributed by atoms with E-state index in [2.05, 4.69) is 42.0 Å². The summed E-state index contributed by atoms with van der Waals surface area (Å²) >= 11 is 0. The minimum Gasteiger partial charge on any atom is -0.372 e. The maximum atomic E-state index is 13.8. The van der Waals surface area contributed by atoms with Crippen LogP contribution in [-0.2, 0) is 4.79 Å². The van der Waals surface area contributed by atoms with Gasteiger partial charge < -0.3 is 20.4 Å². The van der Waals surface area contributed by atoms with Crippen LogP contribution < -0.4 is 15.5 Å². The lowest BCUT2D eigenvalue weighted by Crippen LogP contribution is -2.29. The zero-order chi connectivity index (χ0) is 25.7. The first-order chi connectivity index (χ1) is 17.3. The Labute approximate surface area is 209 Å². The summed E-state index contributed by atoms with van der Waals surface area (Å²) in [6.45, 7) is 5.19. The van der Waals surface area contributed by atoms with Crippen LogP contribution in [0.25, 0.3) is 22.2 Å². The van der Waals surface area contributed by atoms with Crippen LogP contribution in [0.2, 0.25) is 0 Å². The molecule has 2 heterocycles. The summed E-state index contributed by atoms with van der Waals surface area (Å²) in [5.41, 5.74) is 4.84. The number of amides is 1. The average molecular weight is 486 g/mol. The first kappa shape index (κ1) is 24.7. The molecule has 4 rings (SSSR count). The van der Waals surface area contributed by atoms with Crippen molar-refractivity contribution in [2.24, 2.45) is 0 Å². The molecule has 0 saturated carbocycles. The Bertz CT molecular complexity index is 1410. The van der Waals surface area contributed by atoms with Crippen LogP contribution in [0.5, 0.6) is 0 Å². The van der Waals surface area contributed by atoms with Crippen molar-refractivity contribution in [3.05, 3.63) is 79.4 Å². The number of pyridine rings is 1. The van der Waals surface area contributed by atoms with Gasteiger partial charge in [0.15, 0.2) is 0 Å². The van der Waals surface area contributed by atoms with E-state index in [4.69, 9.17) is 0 Å². The number of carbonyl (C=O) groups excluding carboxylic acids is 1. The Morgan fingerprint density at radius 1 is 1.08 bits per heavy atom. The van der Waals surface area contributed by atoms with E-state index >= 15 is 0 Å². The van der Waals surface area contributed by atoms with Gasteiger partial charge in [-0.15, -0.1) is 0 Å². The van der Waals surface area contributed by atoms with E-state index in [0.29, 0.717) is 33.9 Å². The lowest BCUT2D eigenvalue weighted by molar-refractivity contribution is -0.111. The van der Waals surface area contributed by atoms with Crippen molar-refractivity contribution in [1.82, 2.24) is 19.9 Å². The molecule has 0 spiro atoms. The first-order valence-electron chi connectivity index (χ1n) is 11.4. The van der Waals surface area contributed by atoms with Gasteiger partial charge in [-0.2, -0.15) is 0 Å². The molecule has 2 aromatic carbocycles. The average Bonchev–Trinajstić information content (AvgIpc) is 2.87. The summed E-state index contributed by atoms with van der Waals surface area (Å²) in [5, 5.41) is 6.09. The number of hydrogen-bond acceptors (Lipinski definition) is 7. The van der Waals surface area contributed by atoms with Gasteiger partial charge in [0.2, 0.25) is 11.9 Å². The molecule has 0 aliphatic rings. The van der Waals surface area contributed by atoms with E-state index < -0.39 is 0 Å². The summed E-state index contributed by atoms with van der Waals surface area (Å²) in [6, 6.07) is 13.8. The molecular weight excluding hydrogens is 457 g/mol. The molecule has 0 aliphatic carbocycles. The van der Waals surface area contributed by atoms with Gasteiger partial charge in [0.05, 0.1) is 17.6 Å². The second-order valence-electron chi connectivity index (χ2n) is 8.57. The Kier molecular flexibility index (Phi) is 7.50. The van der Waals surface area contributed by atoms with Crippen molar-refractivity contribution >= 4 is 40.0 Å². The zero-order valence-corrected chi connectivity index (χ0v) is 20.5. The topological polar surface area (TPSA) is 86.3 Å². The number of anilines is 4. The summed E-state index contributed by atoms with van der Waals surface area (Å²) in [7, 11) is 6.00. The maximum Gasteiger partial charge on any atom is 0.247 e. The molecule has 2 aromatic heterocycles. The quantitative estimate of drug-likeness (QED) is 0.333. The van der Waals surface area contributed by atoms with Crippen LogP contribution in [0.4, 0.5) is 27.4 Å². The van der Waals surface area contributed by atoms with Gasteiger partial charge in [0.25, 0.3) is 0 Å². The molecule has 0 radical (unpaired) electrons. The number of aromatic nitrogens is 3. The van der Waals surface area contributed by atoms with Crippen molar-refractivity contribution < 1.29 is 9.18 Å². The van der Waals surface area contributed by atoms with Crippen molar-refractivity contribution in [3.63, 3.8) is 0 Å². The van der Waals surface area contributed by atoms with Crippen LogP contribution in [0.3, 0.4) is 0 Å². The van der Waals surface area contributed by atoms with Crippen LogP contribution in [0, 0.1) is 5.82 Å². The third-order valence-electron chi connectivity index (χ3n) is 5.60. The highest BCUT2D eigenvalue weighted by molar-refractivity contribution is 6.01. The summed E-state index contributed by atoms with van der Waals surface area (Å²) < 4.78 is 13.8. The van der Waals surface area contributed by atoms with Gasteiger partial charge in [0, 0.05) is 37.6 Å². The fourth-order valence-corrected chi connectivity index (χ4v) is 3.72. The van der Waals surface area contributed by atoms with Gasteiger partial charge in [-0.05, 0) is 62.1 Å². The van der Waals surface area contributed by atoms with Crippen LogP contribution in [0.15, 0.2) is 73.6 Å². The highest BCUT2D eigenvalue weighted by Gasteiger charge is 2.13. The van der Waals surface area contributed by atoms with Gasteiger partial charge in [0.1, 0.15) is 16.9 Å². The molecule has 8 nitrogen and oxygen atoms in total. The molecule has 0 unspecified atom stereocenters. The second-order valence-corrected chi connectivity index (χ2v) is 8.57. The molecule has 184 valence electrons. The highest BCUT2D eigenvalue weighted by atomic mass is 19.1. The molecule has 36 heavy (non-hydrogen) atoms. The molecule has 0 fully saturated rings. The van der Waals surface area contributed by atoms with E-state index in [0.717, 1.165) is 24.3 Å². The monoisotopic (exact) mass is 485 g/mol. The predicted molar refractivity (Wildman–Crippen MR) is 143 cm³/mol. The van der Waals surface area contributed by atoms with E-state index in [9.17, 15) is 9.18 Å². The molecule has 0 atom stereocenters. The lowest BCUT2D eigenvalue weighted by atomic mass is 10.1. The van der Waals surface area contributed by atoms with Crippen LogP contribution >= 0.6 is 0 Å². The summed E-state index contributed by atoms with van der Waals surface area (Å²) in [5.74, 6) is -0.278. The lowest BCUT2D eigenvalue weighted by Gasteiger charge is -2.24. The minimum atomic E-state index is -0.324. The number of fused-ring (bicyclic) bond motifs is 1. The number of halogens is 1. The predicted octanol–water partition coefficient (Wildman–Crippen LogP) is 4.70. The summed E-state index contributed by atoms with van der Waals surface area (Å²) in [4.78, 5) is 29.7. The second kappa shape index (κ2) is 10.9. The minimum absolute atomic E-state index is 0.304. The number of nitrogens with one attached hydrogen (secondary N) is 2. The van der Waals surface area contributed by atoms with Crippen molar-refractivity contribution in [2.45, 2.75) is 0 Å². The molecular formula is C27H28FN7O. The van der Waals surface area contributed by atoms with E-state index in [1.165, 1.54) is 18.2 Å². The zero-order valence-electron chi connectivity index (χ0n) is 20.5. The molecule has 0 saturated heterocycles. The number of carbonyl (C=O) groups is 1. The largest absolute Gasteiger partial charge is 0.372 e.